The molecule has 0 bridgehead atoms. The second-order valence-electron chi connectivity index (χ2n) is 24.4. The number of benzene rings is 12. The predicted molar refractivity (Wildman–Crippen MR) is 360 cm³/mol. The Labute approximate surface area is 493 Å². The maximum atomic E-state index is 7.41. The zero-order chi connectivity index (χ0) is 57.7. The van der Waals surface area contributed by atoms with Gasteiger partial charge in [-0.3, -0.25) is 0 Å². The molecule has 0 saturated carbocycles. The van der Waals surface area contributed by atoms with Crippen molar-refractivity contribution in [2.75, 3.05) is 9.80 Å². The van der Waals surface area contributed by atoms with Crippen molar-refractivity contribution >= 4 is 110 Å². The van der Waals surface area contributed by atoms with E-state index in [0.717, 1.165) is 102 Å². The molecule has 0 saturated heterocycles. The summed E-state index contributed by atoms with van der Waals surface area (Å²) in [6.45, 7) is 23.0. The second-order valence-corrected chi connectivity index (χ2v) is 24.4. The monoisotopic (exact) mass is 1090 g/mol. The Balaban J connectivity index is 1.07. The summed E-state index contributed by atoms with van der Waals surface area (Å²) in [7, 11) is 0. The van der Waals surface area contributed by atoms with E-state index in [1.54, 1.807) is 0 Å². The summed E-state index contributed by atoms with van der Waals surface area (Å²) in [5, 5.41) is 11.9. The van der Waals surface area contributed by atoms with Crippen LogP contribution < -0.4 is 9.80 Å². The van der Waals surface area contributed by atoms with Crippen LogP contribution in [0.25, 0.3) is 98.4 Å². The summed E-state index contributed by atoms with van der Waals surface area (Å²) < 4.78 is 14.8. The van der Waals surface area contributed by atoms with Gasteiger partial charge in [0.15, 0.2) is 11.2 Å². The number of furan rings is 2. The largest absolute Gasteiger partial charge is 0.453 e. The van der Waals surface area contributed by atoms with Crippen LogP contribution in [0.5, 0.6) is 0 Å². The van der Waals surface area contributed by atoms with Crippen LogP contribution in [0.4, 0.5) is 34.1 Å². The highest BCUT2D eigenvalue weighted by molar-refractivity contribution is 6.30. The fourth-order valence-electron chi connectivity index (χ4n) is 13.9. The number of anilines is 6. The SMILES string of the molecule is CCc1cccc(N(c2cc(C(C)C)c3ccc4c(N(c5cccc(CC)c5)c5cccc6c5oc5c(-c7ccccc7C(C)C)cccc56)cc(C(C)C)c5ccc2c3c54)c2cccc3c2oc2c(-c4ccccc4C(C)C)cccc23)c1. The van der Waals surface area contributed by atoms with Crippen molar-refractivity contribution in [1.29, 1.82) is 0 Å². The van der Waals surface area contributed by atoms with Gasteiger partial charge in [0.05, 0.1) is 22.7 Å². The molecule has 0 amide bonds. The Morgan fingerprint density at radius 1 is 0.286 bits per heavy atom. The van der Waals surface area contributed by atoms with Crippen LogP contribution in [-0.2, 0) is 12.8 Å². The minimum atomic E-state index is 0.211. The van der Waals surface area contributed by atoms with Gasteiger partial charge in [-0.2, -0.15) is 0 Å². The molecule has 0 N–H and O–H groups in total. The number of aryl methyl sites for hydroxylation is 2. The summed E-state index contributed by atoms with van der Waals surface area (Å²) >= 11 is 0. The van der Waals surface area contributed by atoms with Crippen LogP contribution in [0, 0.1) is 0 Å². The van der Waals surface area contributed by atoms with Crippen molar-refractivity contribution in [2.24, 2.45) is 0 Å². The molecule has 0 aliphatic heterocycles. The number of para-hydroxylation sites is 4. The normalized spacial score (nSPS) is 12.2. The average Bonchev–Trinajstić information content (AvgIpc) is 1.02. The number of hydrogen-bond donors (Lipinski definition) is 0. The van der Waals surface area contributed by atoms with Crippen LogP contribution >= 0.6 is 0 Å². The van der Waals surface area contributed by atoms with Crippen molar-refractivity contribution in [3.05, 3.63) is 240 Å². The van der Waals surface area contributed by atoms with Gasteiger partial charge in [0.2, 0.25) is 0 Å². The van der Waals surface area contributed by atoms with E-state index in [2.05, 4.69) is 285 Å². The molecule has 0 radical (unpaired) electrons. The zero-order valence-corrected chi connectivity index (χ0v) is 50.1. The van der Waals surface area contributed by atoms with Crippen LogP contribution in [0.2, 0.25) is 0 Å². The summed E-state index contributed by atoms with van der Waals surface area (Å²) in [6.07, 6.45) is 1.83. The van der Waals surface area contributed by atoms with Gasteiger partial charge in [-0.15, -0.1) is 0 Å². The lowest BCUT2D eigenvalue weighted by molar-refractivity contribution is 0.669. The van der Waals surface area contributed by atoms with E-state index < -0.39 is 0 Å². The van der Waals surface area contributed by atoms with Crippen LogP contribution in [-0.4, -0.2) is 0 Å². The third-order valence-corrected chi connectivity index (χ3v) is 18.0. The summed E-state index contributed by atoms with van der Waals surface area (Å²) in [5.74, 6) is 1.12. The lowest BCUT2D eigenvalue weighted by atomic mass is 9.84. The minimum absolute atomic E-state index is 0.211. The first-order valence-corrected chi connectivity index (χ1v) is 30.6. The molecule has 0 atom stereocenters. The van der Waals surface area contributed by atoms with E-state index in [1.807, 2.05) is 0 Å². The highest BCUT2D eigenvalue weighted by atomic mass is 16.3. The number of fused-ring (bicyclic) bond motifs is 6. The van der Waals surface area contributed by atoms with Gasteiger partial charge < -0.3 is 18.6 Å². The van der Waals surface area contributed by atoms with Crippen LogP contribution in [0.3, 0.4) is 0 Å². The van der Waals surface area contributed by atoms with Gasteiger partial charge in [0.1, 0.15) is 11.2 Å². The summed E-state index contributed by atoms with van der Waals surface area (Å²) in [6, 6.07) is 77.2. The fourth-order valence-corrected chi connectivity index (χ4v) is 13.9. The summed E-state index contributed by atoms with van der Waals surface area (Å²) in [4.78, 5) is 5.01. The molecular weight excluding hydrogens is 1020 g/mol. The molecule has 0 spiro atoms. The molecule has 0 aliphatic rings. The lowest BCUT2D eigenvalue weighted by Crippen LogP contribution is -2.13. The van der Waals surface area contributed by atoms with Crippen molar-refractivity contribution in [3.8, 4) is 22.3 Å². The van der Waals surface area contributed by atoms with Crippen molar-refractivity contribution in [2.45, 2.75) is 106 Å². The molecule has 12 aromatic carbocycles. The van der Waals surface area contributed by atoms with Crippen LogP contribution in [0.15, 0.2) is 215 Å². The topological polar surface area (TPSA) is 32.8 Å². The van der Waals surface area contributed by atoms with E-state index in [9.17, 15) is 0 Å². The maximum Gasteiger partial charge on any atom is 0.159 e. The van der Waals surface area contributed by atoms with E-state index in [0.29, 0.717) is 11.8 Å². The minimum Gasteiger partial charge on any atom is -0.453 e. The zero-order valence-electron chi connectivity index (χ0n) is 50.1. The van der Waals surface area contributed by atoms with E-state index in [4.69, 9.17) is 8.83 Å². The quantitative estimate of drug-likeness (QED) is 0.102. The summed E-state index contributed by atoms with van der Waals surface area (Å²) in [5.41, 5.74) is 22.4. The molecular formula is C80H72N2O2. The molecule has 84 heavy (non-hydrogen) atoms. The van der Waals surface area contributed by atoms with E-state index in [1.165, 1.54) is 76.8 Å². The van der Waals surface area contributed by atoms with Gasteiger partial charge in [-0.25, -0.2) is 0 Å². The van der Waals surface area contributed by atoms with Crippen LogP contribution in [0.1, 0.15) is 126 Å². The molecule has 14 rings (SSSR count). The smallest absolute Gasteiger partial charge is 0.159 e. The predicted octanol–water partition coefficient (Wildman–Crippen LogP) is 24.3. The first kappa shape index (κ1) is 52.9. The Hall–Kier alpha value is -9.12. The second kappa shape index (κ2) is 20.9. The molecule has 0 unspecified atom stereocenters. The molecule has 4 nitrogen and oxygen atoms in total. The Bertz CT molecular complexity index is 4550. The first-order valence-electron chi connectivity index (χ1n) is 30.6. The standard InChI is InChI=1S/C80H72N2O2/c1-11-51-23-17-25-53(43-51)81(71-37-21-35-65-63-33-19-31-61(77(63)83-79(65)71)57-29-15-13-27-55(57)47(3)4)73-45-69(49(7)8)59-40-42-68-74(46-70(50(9)10)60-39-41-67(73)75(59)76(60)68)82(54-26-18-24-52(12-2)44-54)72-38-22-36-66-64-34-20-32-62(78(64)84-80(66)72)58-30-16-14-28-56(58)48(5)6/h13-50H,11-12H2,1-10H3. The number of nitrogens with zero attached hydrogens (tertiary/aromatic N) is 2. The molecule has 0 aliphatic carbocycles. The lowest BCUT2D eigenvalue weighted by Gasteiger charge is -2.31. The van der Waals surface area contributed by atoms with Gasteiger partial charge in [-0.1, -0.05) is 227 Å². The third kappa shape index (κ3) is 8.47. The Kier molecular flexibility index (Phi) is 13.2. The molecule has 2 aromatic heterocycles. The third-order valence-electron chi connectivity index (χ3n) is 18.0. The van der Waals surface area contributed by atoms with Crippen molar-refractivity contribution < 1.29 is 8.83 Å². The van der Waals surface area contributed by atoms with Crippen molar-refractivity contribution in [3.63, 3.8) is 0 Å². The molecule has 14 aromatic rings. The van der Waals surface area contributed by atoms with Gasteiger partial charge in [-0.05, 0) is 151 Å². The molecule has 0 fully saturated rings. The van der Waals surface area contributed by atoms with Gasteiger partial charge in [0, 0.05) is 54.8 Å². The van der Waals surface area contributed by atoms with Gasteiger partial charge in [0.25, 0.3) is 0 Å². The average molecular weight is 1090 g/mol. The Morgan fingerprint density at radius 2 is 0.631 bits per heavy atom. The first-order chi connectivity index (χ1) is 40.9. The highest BCUT2D eigenvalue weighted by Gasteiger charge is 2.30. The Morgan fingerprint density at radius 3 is 1.02 bits per heavy atom. The number of rotatable bonds is 14. The molecule has 4 heteroatoms. The van der Waals surface area contributed by atoms with Gasteiger partial charge >= 0.3 is 0 Å². The van der Waals surface area contributed by atoms with Crippen molar-refractivity contribution in [1.82, 2.24) is 0 Å². The highest BCUT2D eigenvalue weighted by Crippen LogP contribution is 2.54. The molecule has 414 valence electrons. The number of hydrogen-bond acceptors (Lipinski definition) is 4. The fraction of sp³-hybridized carbons (Fsp3) is 0.200. The van der Waals surface area contributed by atoms with E-state index >= 15 is 0 Å². The van der Waals surface area contributed by atoms with E-state index in [-0.39, 0.29) is 11.8 Å². The maximum absolute atomic E-state index is 7.41. The molecule has 2 heterocycles.